The largest absolute Gasteiger partial charge is 0.325 e. The fourth-order valence-electron chi connectivity index (χ4n) is 3.17. The average molecular weight is 436 g/mol. The number of para-hydroxylation sites is 1. The summed E-state index contributed by atoms with van der Waals surface area (Å²) in [5.41, 5.74) is 4.28. The van der Waals surface area contributed by atoms with Crippen LogP contribution in [0.25, 0.3) is 15.9 Å². The number of carbonyl (C=O) groups is 1. The van der Waals surface area contributed by atoms with Gasteiger partial charge in [0.25, 0.3) is 5.56 Å². The Labute approximate surface area is 182 Å². The van der Waals surface area contributed by atoms with Gasteiger partial charge in [-0.2, -0.15) is 0 Å². The van der Waals surface area contributed by atoms with Gasteiger partial charge in [-0.05, 0) is 54.1 Å². The number of anilines is 1. The van der Waals surface area contributed by atoms with Crippen LogP contribution in [0.3, 0.4) is 0 Å². The Kier molecular flexibility index (Phi) is 6.01. The number of amides is 1. The first-order valence-corrected chi connectivity index (χ1v) is 11.5. The van der Waals surface area contributed by atoms with E-state index in [1.54, 1.807) is 4.57 Å². The normalized spacial score (nSPS) is 11.0. The van der Waals surface area contributed by atoms with E-state index in [-0.39, 0.29) is 17.2 Å². The lowest BCUT2D eigenvalue weighted by Gasteiger charge is -2.14. The van der Waals surface area contributed by atoms with Crippen LogP contribution >= 0.6 is 23.1 Å². The molecule has 0 unspecified atom stereocenters. The Morgan fingerprint density at radius 1 is 1.13 bits per heavy atom. The Bertz CT molecular complexity index is 1260. The topological polar surface area (TPSA) is 64.0 Å². The maximum absolute atomic E-state index is 13.2. The molecule has 2 aromatic heterocycles. The molecule has 4 aromatic rings. The average Bonchev–Trinajstić information content (AvgIpc) is 3.23. The molecule has 2 heterocycles. The van der Waals surface area contributed by atoms with Crippen molar-refractivity contribution in [1.29, 1.82) is 0 Å². The summed E-state index contributed by atoms with van der Waals surface area (Å²) in [6.07, 6.45) is 0.956. The van der Waals surface area contributed by atoms with Crippen LogP contribution in [0, 0.1) is 6.92 Å². The molecule has 152 valence electrons. The molecular formula is C23H21N3O2S2. The van der Waals surface area contributed by atoms with Crippen molar-refractivity contribution < 1.29 is 4.79 Å². The zero-order valence-corrected chi connectivity index (χ0v) is 18.3. The maximum atomic E-state index is 13.2. The number of hydrogen-bond donors (Lipinski definition) is 1. The van der Waals surface area contributed by atoms with Gasteiger partial charge in [-0.25, -0.2) is 4.98 Å². The molecule has 0 spiro atoms. The van der Waals surface area contributed by atoms with Gasteiger partial charge in [0.2, 0.25) is 5.91 Å². The van der Waals surface area contributed by atoms with Crippen LogP contribution in [0.2, 0.25) is 0 Å². The van der Waals surface area contributed by atoms with Crippen LogP contribution in [0.1, 0.15) is 18.1 Å². The lowest BCUT2D eigenvalue weighted by molar-refractivity contribution is -0.113. The highest BCUT2D eigenvalue weighted by Gasteiger charge is 2.16. The van der Waals surface area contributed by atoms with Crippen molar-refractivity contribution in [1.82, 2.24) is 9.55 Å². The highest BCUT2D eigenvalue weighted by atomic mass is 32.2. The Balaban J connectivity index is 1.61. The summed E-state index contributed by atoms with van der Waals surface area (Å²) in [5, 5.41) is 5.28. The molecule has 30 heavy (non-hydrogen) atoms. The van der Waals surface area contributed by atoms with Gasteiger partial charge in [0.1, 0.15) is 4.70 Å². The summed E-state index contributed by atoms with van der Waals surface area (Å²) in [6, 6.07) is 17.3. The van der Waals surface area contributed by atoms with Gasteiger partial charge >= 0.3 is 0 Å². The number of benzene rings is 2. The summed E-state index contributed by atoms with van der Waals surface area (Å²) in [4.78, 5) is 30.4. The van der Waals surface area contributed by atoms with Crippen molar-refractivity contribution in [3.8, 4) is 5.69 Å². The third-order valence-corrected chi connectivity index (χ3v) is 6.61. The van der Waals surface area contributed by atoms with Crippen molar-refractivity contribution in [2.75, 3.05) is 11.1 Å². The highest BCUT2D eigenvalue weighted by molar-refractivity contribution is 7.99. The van der Waals surface area contributed by atoms with E-state index in [2.05, 4.69) is 17.2 Å². The maximum Gasteiger partial charge on any atom is 0.276 e. The molecule has 0 radical (unpaired) electrons. The monoisotopic (exact) mass is 435 g/mol. The molecule has 0 aliphatic heterocycles. The minimum absolute atomic E-state index is 0.109. The SMILES string of the molecule is CCc1ccc(NC(=O)CSc2nc3ccsc3c(=O)n2-c2ccccc2C)cc1. The van der Waals surface area contributed by atoms with Crippen LogP contribution < -0.4 is 10.9 Å². The first-order valence-electron chi connectivity index (χ1n) is 9.64. The fraction of sp³-hybridized carbons (Fsp3) is 0.174. The van der Waals surface area contributed by atoms with E-state index in [1.807, 2.05) is 66.9 Å². The van der Waals surface area contributed by atoms with E-state index in [4.69, 9.17) is 0 Å². The van der Waals surface area contributed by atoms with E-state index in [1.165, 1.54) is 28.7 Å². The second kappa shape index (κ2) is 8.85. The summed E-state index contributed by atoms with van der Waals surface area (Å²) in [5.74, 6) is 0.0176. The van der Waals surface area contributed by atoms with Gasteiger partial charge in [0.05, 0.1) is 17.0 Å². The quantitative estimate of drug-likeness (QED) is 0.340. The van der Waals surface area contributed by atoms with Crippen molar-refractivity contribution in [3.05, 3.63) is 81.5 Å². The molecule has 2 aromatic carbocycles. The highest BCUT2D eigenvalue weighted by Crippen LogP contribution is 2.25. The Morgan fingerprint density at radius 3 is 2.63 bits per heavy atom. The first-order chi connectivity index (χ1) is 14.6. The molecule has 0 atom stereocenters. The molecule has 0 fully saturated rings. The van der Waals surface area contributed by atoms with Crippen LogP contribution in [0.15, 0.2) is 69.9 Å². The minimum atomic E-state index is -0.139. The third-order valence-electron chi connectivity index (χ3n) is 4.78. The van der Waals surface area contributed by atoms with E-state index in [0.29, 0.717) is 15.4 Å². The molecular weight excluding hydrogens is 414 g/mol. The summed E-state index contributed by atoms with van der Waals surface area (Å²) in [6.45, 7) is 4.05. The van der Waals surface area contributed by atoms with E-state index < -0.39 is 0 Å². The Morgan fingerprint density at radius 2 is 1.90 bits per heavy atom. The molecule has 0 saturated carbocycles. The summed E-state index contributed by atoms with van der Waals surface area (Å²) >= 11 is 2.64. The summed E-state index contributed by atoms with van der Waals surface area (Å²) < 4.78 is 2.23. The molecule has 5 nitrogen and oxygen atoms in total. The lowest BCUT2D eigenvalue weighted by Crippen LogP contribution is -2.22. The zero-order valence-electron chi connectivity index (χ0n) is 16.7. The van der Waals surface area contributed by atoms with Crippen LogP contribution in [0.4, 0.5) is 5.69 Å². The number of carbonyl (C=O) groups excluding carboxylic acids is 1. The molecule has 1 amide bonds. The number of hydrogen-bond acceptors (Lipinski definition) is 5. The molecule has 0 aliphatic rings. The standard InChI is InChI=1S/C23H21N3O2S2/c1-3-16-8-10-17(11-9-16)24-20(27)14-30-23-25-18-12-13-29-21(18)22(28)26(23)19-7-5-4-6-15(19)2/h4-13H,3,14H2,1-2H3,(H,24,27). The second-order valence-electron chi connectivity index (χ2n) is 6.84. The number of thioether (sulfide) groups is 1. The van der Waals surface area contributed by atoms with E-state index >= 15 is 0 Å². The van der Waals surface area contributed by atoms with E-state index in [0.717, 1.165) is 23.4 Å². The van der Waals surface area contributed by atoms with E-state index in [9.17, 15) is 9.59 Å². The van der Waals surface area contributed by atoms with Gasteiger partial charge in [-0.15, -0.1) is 11.3 Å². The number of rotatable bonds is 6. The van der Waals surface area contributed by atoms with Gasteiger partial charge in [-0.3, -0.25) is 14.2 Å². The molecule has 7 heteroatoms. The molecule has 4 rings (SSSR count). The molecule has 1 N–H and O–H groups in total. The van der Waals surface area contributed by atoms with Gasteiger partial charge < -0.3 is 5.32 Å². The number of nitrogens with zero attached hydrogens (tertiary/aromatic N) is 2. The van der Waals surface area contributed by atoms with Crippen molar-refractivity contribution in [2.45, 2.75) is 25.4 Å². The fourth-order valence-corrected chi connectivity index (χ4v) is 4.73. The predicted octanol–water partition coefficient (Wildman–Crippen LogP) is 5.05. The summed E-state index contributed by atoms with van der Waals surface area (Å²) in [7, 11) is 0. The molecule has 0 bridgehead atoms. The van der Waals surface area contributed by atoms with Crippen molar-refractivity contribution >= 4 is 44.9 Å². The van der Waals surface area contributed by atoms with Crippen LogP contribution in [0.5, 0.6) is 0 Å². The minimum Gasteiger partial charge on any atom is -0.325 e. The third kappa shape index (κ3) is 4.17. The van der Waals surface area contributed by atoms with Crippen molar-refractivity contribution in [3.63, 3.8) is 0 Å². The Hall–Kier alpha value is -2.90. The zero-order chi connectivity index (χ0) is 21.1. The lowest BCUT2D eigenvalue weighted by atomic mass is 10.1. The molecule has 0 saturated heterocycles. The van der Waals surface area contributed by atoms with Gasteiger partial charge in [-0.1, -0.05) is 49.0 Å². The number of aryl methyl sites for hydroxylation is 2. The van der Waals surface area contributed by atoms with Crippen LogP contribution in [-0.4, -0.2) is 21.2 Å². The number of fused-ring (bicyclic) bond motifs is 1. The number of nitrogens with one attached hydrogen (secondary N) is 1. The van der Waals surface area contributed by atoms with Crippen LogP contribution in [-0.2, 0) is 11.2 Å². The molecule has 0 aliphatic carbocycles. The van der Waals surface area contributed by atoms with Gasteiger partial charge in [0, 0.05) is 5.69 Å². The number of aromatic nitrogens is 2. The second-order valence-corrected chi connectivity index (χ2v) is 8.70. The predicted molar refractivity (Wildman–Crippen MR) is 125 cm³/mol. The smallest absolute Gasteiger partial charge is 0.276 e. The van der Waals surface area contributed by atoms with Gasteiger partial charge in [0.15, 0.2) is 5.16 Å². The first kappa shape index (κ1) is 20.4. The number of thiophene rings is 1. The van der Waals surface area contributed by atoms with Crippen molar-refractivity contribution in [2.24, 2.45) is 0 Å².